The number of alkyl halides is 3. The van der Waals surface area contributed by atoms with Gasteiger partial charge in [-0.1, -0.05) is 18.5 Å². The van der Waals surface area contributed by atoms with Crippen LogP contribution >= 0.6 is 11.6 Å². The maximum absolute atomic E-state index is 13.6. The molecule has 1 unspecified atom stereocenters. The lowest BCUT2D eigenvalue weighted by Crippen LogP contribution is -2.25. The van der Waals surface area contributed by atoms with Crippen molar-refractivity contribution in [1.82, 2.24) is 4.57 Å². The number of hydrogen-bond acceptors (Lipinski definition) is 5. The average molecular weight is 576 g/mol. The molecule has 0 saturated heterocycles. The molecule has 0 aliphatic rings. The van der Waals surface area contributed by atoms with Crippen molar-refractivity contribution < 1.29 is 42.1 Å². The van der Waals surface area contributed by atoms with Crippen LogP contribution in [0.2, 0.25) is 5.02 Å². The molecule has 0 aliphatic heterocycles. The molecule has 0 radical (unpaired) electrons. The third-order valence-corrected chi connectivity index (χ3v) is 6.75. The minimum absolute atomic E-state index is 0.0492. The van der Waals surface area contributed by atoms with E-state index in [9.17, 15) is 27.9 Å². The zero-order valence-electron chi connectivity index (χ0n) is 21.7. The summed E-state index contributed by atoms with van der Waals surface area (Å²) in [4.78, 5) is 25.1. The number of carboxylic acids is 1. The third kappa shape index (κ3) is 6.17. The lowest BCUT2D eigenvalue weighted by Gasteiger charge is -2.16. The molecule has 40 heavy (non-hydrogen) atoms. The fourth-order valence-electron chi connectivity index (χ4n) is 4.42. The number of aliphatic carboxylic acids is 1. The van der Waals surface area contributed by atoms with Gasteiger partial charge in [-0.25, -0.2) is 4.79 Å². The quantitative estimate of drug-likeness (QED) is 0.204. The Bertz CT molecular complexity index is 1560. The SMILES string of the molecule is CCC(Oc1ccc(Cl)c(Cn2c(C)c(C(=O)c3ccc(OC)cc3)c3ccc(OC(F)(F)F)cc32)c1)C(=O)O. The molecule has 0 spiro atoms. The van der Waals surface area contributed by atoms with Crippen molar-refractivity contribution in [3.05, 3.63) is 88.1 Å². The van der Waals surface area contributed by atoms with Gasteiger partial charge in [0.25, 0.3) is 0 Å². The van der Waals surface area contributed by atoms with Crippen molar-refractivity contribution in [2.24, 2.45) is 0 Å². The minimum atomic E-state index is -4.91. The molecular formula is C29H25ClF3NO6. The van der Waals surface area contributed by atoms with Crippen molar-refractivity contribution in [2.75, 3.05) is 7.11 Å². The van der Waals surface area contributed by atoms with Gasteiger partial charge in [-0.2, -0.15) is 0 Å². The maximum atomic E-state index is 13.6. The molecule has 3 aromatic carbocycles. The van der Waals surface area contributed by atoms with Crippen molar-refractivity contribution in [3.8, 4) is 17.2 Å². The first kappa shape index (κ1) is 28.8. The van der Waals surface area contributed by atoms with Crippen molar-refractivity contribution >= 4 is 34.3 Å². The summed E-state index contributed by atoms with van der Waals surface area (Å²) in [6.07, 6.45) is -5.75. The van der Waals surface area contributed by atoms with Gasteiger partial charge < -0.3 is 23.9 Å². The van der Waals surface area contributed by atoms with E-state index in [1.807, 2.05) is 0 Å². The fourth-order valence-corrected chi connectivity index (χ4v) is 4.60. The van der Waals surface area contributed by atoms with Crippen LogP contribution in [0.1, 0.15) is 40.5 Å². The van der Waals surface area contributed by atoms with Gasteiger partial charge in [-0.05, 0) is 73.5 Å². The normalized spacial score (nSPS) is 12.3. The standard InChI is InChI=1S/C29H25ClF3NO6/c1-4-25(28(36)37)39-20-10-12-23(30)18(13-20)15-34-16(2)26(27(35)17-5-7-19(38-3)8-6-17)22-11-9-21(14-24(22)34)40-29(31,32)33/h5-14,25H,4,15H2,1-3H3,(H,36,37). The Morgan fingerprint density at radius 2 is 1.65 bits per heavy atom. The van der Waals surface area contributed by atoms with Crippen molar-refractivity contribution in [1.29, 1.82) is 0 Å². The Morgan fingerprint density at radius 3 is 2.25 bits per heavy atom. The molecule has 0 saturated carbocycles. The lowest BCUT2D eigenvalue weighted by atomic mass is 10.0. The van der Waals surface area contributed by atoms with Crippen LogP contribution in [-0.2, 0) is 11.3 Å². The highest BCUT2D eigenvalue weighted by atomic mass is 35.5. The van der Waals surface area contributed by atoms with Crippen LogP contribution in [-0.4, -0.2) is 41.0 Å². The minimum Gasteiger partial charge on any atom is -0.497 e. The Kier molecular flexibility index (Phi) is 8.29. The lowest BCUT2D eigenvalue weighted by molar-refractivity contribution is -0.274. The predicted octanol–water partition coefficient (Wildman–Crippen LogP) is 7.03. The summed E-state index contributed by atoms with van der Waals surface area (Å²) in [7, 11) is 1.50. The number of carboxylic acid groups (broad SMARTS) is 1. The number of hydrogen-bond donors (Lipinski definition) is 1. The van der Waals surface area contributed by atoms with Crippen LogP contribution in [0.4, 0.5) is 13.2 Å². The zero-order chi connectivity index (χ0) is 29.2. The van der Waals surface area contributed by atoms with E-state index in [-0.39, 0.29) is 24.5 Å². The van der Waals surface area contributed by atoms with E-state index in [1.165, 1.54) is 25.3 Å². The van der Waals surface area contributed by atoms with Crippen LogP contribution in [0.15, 0.2) is 60.7 Å². The van der Waals surface area contributed by atoms with Crippen LogP contribution in [0.3, 0.4) is 0 Å². The number of halogens is 4. The largest absolute Gasteiger partial charge is 0.573 e. The molecule has 1 aromatic heterocycles. The Balaban J connectivity index is 1.83. The molecule has 0 fully saturated rings. The fraction of sp³-hybridized carbons (Fsp3) is 0.241. The first-order chi connectivity index (χ1) is 18.9. The highest BCUT2D eigenvalue weighted by Crippen LogP contribution is 2.35. The van der Waals surface area contributed by atoms with Gasteiger partial charge in [0.2, 0.25) is 0 Å². The van der Waals surface area contributed by atoms with Crippen LogP contribution < -0.4 is 14.2 Å². The second-order valence-corrected chi connectivity index (χ2v) is 9.34. The summed E-state index contributed by atoms with van der Waals surface area (Å²) >= 11 is 6.46. The van der Waals surface area contributed by atoms with Crippen LogP contribution in [0, 0.1) is 6.92 Å². The summed E-state index contributed by atoms with van der Waals surface area (Å²) in [5.41, 5.74) is 1.98. The van der Waals surface area contributed by atoms with Crippen LogP contribution in [0.5, 0.6) is 17.2 Å². The van der Waals surface area contributed by atoms with E-state index >= 15 is 0 Å². The molecule has 7 nitrogen and oxygen atoms in total. The van der Waals surface area contributed by atoms with E-state index in [2.05, 4.69) is 4.74 Å². The Hall–Kier alpha value is -4.18. The highest BCUT2D eigenvalue weighted by Gasteiger charge is 2.32. The van der Waals surface area contributed by atoms with E-state index in [0.717, 1.165) is 6.07 Å². The number of ether oxygens (including phenoxy) is 3. The highest BCUT2D eigenvalue weighted by molar-refractivity contribution is 6.31. The summed E-state index contributed by atoms with van der Waals surface area (Å²) in [5.74, 6) is -1.07. The molecule has 0 bridgehead atoms. The number of fused-ring (bicyclic) bond motifs is 1. The summed E-state index contributed by atoms with van der Waals surface area (Å²) in [6, 6.07) is 14.9. The summed E-state index contributed by atoms with van der Waals surface area (Å²) in [5, 5.41) is 10.1. The first-order valence-corrected chi connectivity index (χ1v) is 12.5. The van der Waals surface area contributed by atoms with Gasteiger partial charge in [0.1, 0.15) is 17.2 Å². The number of nitrogens with zero attached hydrogens (tertiary/aromatic N) is 1. The Labute approximate surface area is 232 Å². The van der Waals surface area contributed by atoms with Gasteiger partial charge in [-0.15, -0.1) is 13.2 Å². The van der Waals surface area contributed by atoms with E-state index in [0.29, 0.717) is 44.1 Å². The molecule has 1 atom stereocenters. The van der Waals surface area contributed by atoms with Crippen LogP contribution in [0.25, 0.3) is 10.9 Å². The summed E-state index contributed by atoms with van der Waals surface area (Å²) in [6.45, 7) is 3.41. The zero-order valence-corrected chi connectivity index (χ0v) is 22.5. The number of rotatable bonds is 10. The molecule has 4 rings (SSSR count). The number of carbonyl (C=O) groups excluding carboxylic acids is 1. The molecule has 0 amide bonds. The average Bonchev–Trinajstić information content (AvgIpc) is 3.17. The Morgan fingerprint density at radius 1 is 1.00 bits per heavy atom. The van der Waals surface area contributed by atoms with Crippen molar-refractivity contribution in [2.45, 2.75) is 39.3 Å². The van der Waals surface area contributed by atoms with Crippen molar-refractivity contribution in [3.63, 3.8) is 0 Å². The number of benzene rings is 3. The first-order valence-electron chi connectivity index (χ1n) is 12.2. The molecule has 4 aromatic rings. The smallest absolute Gasteiger partial charge is 0.497 e. The van der Waals surface area contributed by atoms with Gasteiger partial charge in [0.15, 0.2) is 11.9 Å². The number of ketones is 1. The number of carbonyl (C=O) groups is 2. The molecule has 11 heteroatoms. The second-order valence-electron chi connectivity index (χ2n) is 8.94. The van der Waals surface area contributed by atoms with E-state index in [4.69, 9.17) is 21.1 Å². The molecule has 1 heterocycles. The third-order valence-electron chi connectivity index (χ3n) is 6.38. The maximum Gasteiger partial charge on any atom is 0.573 e. The molecule has 1 N–H and O–H groups in total. The summed E-state index contributed by atoms with van der Waals surface area (Å²) < 4.78 is 55.6. The molecule has 210 valence electrons. The molecular weight excluding hydrogens is 551 g/mol. The van der Waals surface area contributed by atoms with Gasteiger partial charge >= 0.3 is 12.3 Å². The van der Waals surface area contributed by atoms with Gasteiger partial charge in [-0.3, -0.25) is 4.79 Å². The monoisotopic (exact) mass is 575 g/mol. The van der Waals surface area contributed by atoms with E-state index < -0.39 is 24.2 Å². The second kappa shape index (κ2) is 11.5. The number of aromatic nitrogens is 1. The molecule has 0 aliphatic carbocycles. The topological polar surface area (TPSA) is 87.0 Å². The predicted molar refractivity (Wildman–Crippen MR) is 143 cm³/mol. The van der Waals surface area contributed by atoms with Gasteiger partial charge in [0, 0.05) is 34.3 Å². The van der Waals surface area contributed by atoms with E-state index in [1.54, 1.807) is 54.8 Å². The van der Waals surface area contributed by atoms with Gasteiger partial charge in [0.05, 0.1) is 18.2 Å². The number of methoxy groups -OCH3 is 1.